The Balaban J connectivity index is 2.32. The van der Waals surface area contributed by atoms with Gasteiger partial charge in [0.05, 0.1) is 0 Å². The minimum atomic E-state index is 0.727. The average Bonchev–Trinajstić information content (AvgIpc) is 2.72. The van der Waals surface area contributed by atoms with E-state index >= 15 is 0 Å². The van der Waals surface area contributed by atoms with Gasteiger partial charge >= 0.3 is 0 Å². The molecule has 4 heteroatoms. The van der Waals surface area contributed by atoms with Crippen molar-refractivity contribution < 1.29 is 0 Å². The standard InChI is InChI=1S/C14H14N4/c1-9-6-7-18-12(8-9)16-17-14(18)13-10(2)4-3-5-11(13)15/h3-8H,15H2,1-2H3. The third kappa shape index (κ3) is 1.54. The van der Waals surface area contributed by atoms with Crippen molar-refractivity contribution in [2.45, 2.75) is 13.8 Å². The van der Waals surface area contributed by atoms with E-state index in [1.807, 2.05) is 54.8 Å². The van der Waals surface area contributed by atoms with Crippen molar-refractivity contribution in [2.75, 3.05) is 5.73 Å². The Hall–Kier alpha value is -2.36. The van der Waals surface area contributed by atoms with E-state index in [9.17, 15) is 0 Å². The van der Waals surface area contributed by atoms with Crippen molar-refractivity contribution in [3.05, 3.63) is 47.7 Å². The summed E-state index contributed by atoms with van der Waals surface area (Å²) in [4.78, 5) is 0. The predicted molar refractivity (Wildman–Crippen MR) is 72.3 cm³/mol. The lowest BCUT2D eigenvalue weighted by atomic mass is 10.1. The van der Waals surface area contributed by atoms with Crippen molar-refractivity contribution in [1.82, 2.24) is 14.6 Å². The number of nitrogen functional groups attached to an aromatic ring is 1. The zero-order chi connectivity index (χ0) is 12.7. The summed E-state index contributed by atoms with van der Waals surface area (Å²) in [6, 6.07) is 9.90. The number of pyridine rings is 1. The average molecular weight is 238 g/mol. The summed E-state index contributed by atoms with van der Waals surface area (Å²) in [6.07, 6.45) is 1.98. The molecule has 2 heterocycles. The van der Waals surface area contributed by atoms with Crippen molar-refractivity contribution in [1.29, 1.82) is 0 Å². The lowest BCUT2D eigenvalue weighted by Gasteiger charge is -2.07. The molecule has 0 amide bonds. The SMILES string of the molecule is Cc1ccn2c(-c3c(C)cccc3N)nnc2c1. The molecule has 0 aliphatic rings. The second kappa shape index (κ2) is 3.84. The van der Waals surface area contributed by atoms with Gasteiger partial charge < -0.3 is 5.73 Å². The van der Waals surface area contributed by atoms with Crippen LogP contribution in [0.3, 0.4) is 0 Å². The Kier molecular flexibility index (Phi) is 2.30. The van der Waals surface area contributed by atoms with Crippen LogP contribution in [-0.4, -0.2) is 14.6 Å². The van der Waals surface area contributed by atoms with Crippen molar-refractivity contribution in [2.24, 2.45) is 0 Å². The molecule has 0 aliphatic carbocycles. The number of fused-ring (bicyclic) bond motifs is 1. The van der Waals surface area contributed by atoms with Crippen LogP contribution in [0.5, 0.6) is 0 Å². The minimum Gasteiger partial charge on any atom is -0.398 e. The number of rotatable bonds is 1. The van der Waals surface area contributed by atoms with E-state index in [1.165, 1.54) is 5.56 Å². The highest BCUT2D eigenvalue weighted by atomic mass is 15.2. The largest absolute Gasteiger partial charge is 0.398 e. The van der Waals surface area contributed by atoms with Gasteiger partial charge in [-0.1, -0.05) is 12.1 Å². The Morgan fingerprint density at radius 2 is 1.94 bits per heavy atom. The normalized spacial score (nSPS) is 11.0. The lowest BCUT2D eigenvalue weighted by Crippen LogP contribution is -1.97. The zero-order valence-corrected chi connectivity index (χ0v) is 10.4. The number of anilines is 1. The molecule has 4 nitrogen and oxygen atoms in total. The van der Waals surface area contributed by atoms with Gasteiger partial charge in [0, 0.05) is 17.4 Å². The Labute approximate surface area is 105 Å². The summed E-state index contributed by atoms with van der Waals surface area (Å²) < 4.78 is 1.96. The smallest absolute Gasteiger partial charge is 0.170 e. The first-order valence-electron chi connectivity index (χ1n) is 5.83. The van der Waals surface area contributed by atoms with E-state index in [0.29, 0.717) is 0 Å². The highest BCUT2D eigenvalue weighted by molar-refractivity contribution is 5.76. The molecular weight excluding hydrogens is 224 g/mol. The fraction of sp³-hybridized carbons (Fsp3) is 0.143. The van der Waals surface area contributed by atoms with Gasteiger partial charge in [0.1, 0.15) is 0 Å². The molecule has 0 saturated heterocycles. The number of aryl methyl sites for hydroxylation is 2. The number of benzene rings is 1. The van der Waals surface area contributed by atoms with E-state index in [1.54, 1.807) is 0 Å². The van der Waals surface area contributed by atoms with Gasteiger partial charge in [-0.2, -0.15) is 0 Å². The quantitative estimate of drug-likeness (QED) is 0.663. The molecule has 90 valence electrons. The molecule has 0 radical (unpaired) electrons. The predicted octanol–water partition coefficient (Wildman–Crippen LogP) is 2.60. The number of aromatic nitrogens is 3. The van der Waals surface area contributed by atoms with Crippen molar-refractivity contribution >= 4 is 11.3 Å². The van der Waals surface area contributed by atoms with E-state index in [-0.39, 0.29) is 0 Å². The summed E-state index contributed by atoms with van der Waals surface area (Å²) in [7, 11) is 0. The van der Waals surface area contributed by atoms with E-state index in [4.69, 9.17) is 5.73 Å². The molecule has 1 aromatic carbocycles. The Morgan fingerprint density at radius 3 is 2.72 bits per heavy atom. The molecular formula is C14H14N4. The molecule has 3 aromatic rings. The van der Waals surface area contributed by atoms with Crippen LogP contribution in [-0.2, 0) is 0 Å². The molecule has 3 rings (SSSR count). The van der Waals surface area contributed by atoms with Crippen LogP contribution in [0.15, 0.2) is 36.5 Å². The monoisotopic (exact) mass is 238 g/mol. The van der Waals surface area contributed by atoms with Crippen molar-refractivity contribution in [3.63, 3.8) is 0 Å². The second-order valence-electron chi connectivity index (χ2n) is 4.50. The number of hydrogen-bond donors (Lipinski definition) is 1. The summed E-state index contributed by atoms with van der Waals surface area (Å²) in [6.45, 7) is 4.07. The van der Waals surface area contributed by atoms with Gasteiger partial charge in [-0.25, -0.2) is 0 Å². The molecule has 2 aromatic heterocycles. The van der Waals surface area contributed by atoms with Gasteiger partial charge in [0.25, 0.3) is 0 Å². The van der Waals surface area contributed by atoms with E-state index < -0.39 is 0 Å². The number of nitrogens with zero attached hydrogens (tertiary/aromatic N) is 3. The highest BCUT2D eigenvalue weighted by Gasteiger charge is 2.12. The lowest BCUT2D eigenvalue weighted by molar-refractivity contribution is 1.11. The summed E-state index contributed by atoms with van der Waals surface area (Å²) in [5, 5.41) is 8.46. The third-order valence-electron chi connectivity index (χ3n) is 3.09. The van der Waals surface area contributed by atoms with Crippen LogP contribution in [0.1, 0.15) is 11.1 Å². The van der Waals surface area contributed by atoms with E-state index in [0.717, 1.165) is 28.3 Å². The maximum atomic E-state index is 6.05. The maximum absolute atomic E-state index is 6.05. The van der Waals surface area contributed by atoms with Crippen LogP contribution in [0.25, 0.3) is 17.0 Å². The first kappa shape index (κ1) is 10.8. The molecule has 0 bridgehead atoms. The van der Waals surface area contributed by atoms with Gasteiger partial charge in [0.2, 0.25) is 0 Å². The van der Waals surface area contributed by atoms with Crippen LogP contribution >= 0.6 is 0 Å². The van der Waals surface area contributed by atoms with E-state index in [2.05, 4.69) is 10.2 Å². The van der Waals surface area contributed by atoms with Crippen molar-refractivity contribution in [3.8, 4) is 11.4 Å². The summed E-state index contributed by atoms with van der Waals surface area (Å²) in [5.41, 5.74) is 10.8. The molecule has 0 spiro atoms. The second-order valence-corrected chi connectivity index (χ2v) is 4.50. The number of hydrogen-bond acceptors (Lipinski definition) is 3. The van der Waals surface area contributed by atoms with Gasteiger partial charge in [-0.05, 0) is 43.2 Å². The molecule has 0 saturated carbocycles. The van der Waals surface area contributed by atoms with Gasteiger partial charge in [-0.3, -0.25) is 4.40 Å². The first-order chi connectivity index (χ1) is 8.66. The van der Waals surface area contributed by atoms with Crippen LogP contribution < -0.4 is 5.73 Å². The van der Waals surface area contributed by atoms with Crippen LogP contribution in [0, 0.1) is 13.8 Å². The molecule has 0 aliphatic heterocycles. The maximum Gasteiger partial charge on any atom is 0.170 e. The molecule has 0 unspecified atom stereocenters. The fourth-order valence-electron chi connectivity index (χ4n) is 2.16. The highest BCUT2D eigenvalue weighted by Crippen LogP contribution is 2.28. The minimum absolute atomic E-state index is 0.727. The van der Waals surface area contributed by atoms with Gasteiger partial charge in [0.15, 0.2) is 11.5 Å². The van der Waals surface area contributed by atoms with Gasteiger partial charge in [-0.15, -0.1) is 10.2 Å². The zero-order valence-electron chi connectivity index (χ0n) is 10.4. The summed E-state index contributed by atoms with van der Waals surface area (Å²) in [5.74, 6) is 0.792. The Morgan fingerprint density at radius 1 is 1.11 bits per heavy atom. The van der Waals surface area contributed by atoms with Crippen LogP contribution in [0.2, 0.25) is 0 Å². The molecule has 0 fully saturated rings. The molecule has 2 N–H and O–H groups in total. The number of nitrogens with two attached hydrogens (primary N) is 1. The third-order valence-corrected chi connectivity index (χ3v) is 3.09. The molecule has 0 atom stereocenters. The fourth-order valence-corrected chi connectivity index (χ4v) is 2.16. The van der Waals surface area contributed by atoms with Crippen LogP contribution in [0.4, 0.5) is 5.69 Å². The topological polar surface area (TPSA) is 56.2 Å². The Bertz CT molecular complexity index is 707. The summed E-state index contributed by atoms with van der Waals surface area (Å²) >= 11 is 0. The molecule has 18 heavy (non-hydrogen) atoms. The first-order valence-corrected chi connectivity index (χ1v) is 5.83.